The zero-order valence-corrected chi connectivity index (χ0v) is 16.4. The molecule has 1 heterocycles. The van der Waals surface area contributed by atoms with Gasteiger partial charge in [0.2, 0.25) is 5.91 Å². The lowest BCUT2D eigenvalue weighted by molar-refractivity contribution is -0.140. The van der Waals surface area contributed by atoms with Crippen LogP contribution >= 0.6 is 0 Å². The Morgan fingerprint density at radius 1 is 1.13 bits per heavy atom. The van der Waals surface area contributed by atoms with Gasteiger partial charge >= 0.3 is 6.18 Å². The average Bonchev–Trinajstić information content (AvgIpc) is 3.02. The third-order valence-corrected chi connectivity index (χ3v) is 5.11. The van der Waals surface area contributed by atoms with Crippen LogP contribution in [0, 0.1) is 11.9 Å². The highest BCUT2D eigenvalue weighted by Gasteiger charge is 2.34. The van der Waals surface area contributed by atoms with Gasteiger partial charge in [-0.05, 0) is 53.6 Å². The lowest BCUT2D eigenvalue weighted by Crippen LogP contribution is -2.11. The van der Waals surface area contributed by atoms with E-state index in [1.807, 2.05) is 6.07 Å². The van der Waals surface area contributed by atoms with Gasteiger partial charge in [-0.3, -0.25) is 4.79 Å². The molecule has 0 saturated heterocycles. The number of methoxy groups -OCH3 is 1. The average molecular weight is 429 g/mol. The van der Waals surface area contributed by atoms with E-state index >= 15 is 0 Å². The van der Waals surface area contributed by atoms with E-state index in [-0.39, 0.29) is 17.7 Å². The summed E-state index contributed by atoms with van der Waals surface area (Å²) in [6.07, 6.45) is -4.81. The standard InChI is InChI=1S/C23H17F4N2O2/c1-31-12-14-5-7-15-20(10-14)29(19-4-2-3-16(21(15)19)22(28)30)11-13-6-8-18(24)17(9-13)23(25,26)27/h2-6,8-10H,11-12H2,1H3,(H2,28,30). The molecule has 1 amide bonds. The Morgan fingerprint density at radius 2 is 1.90 bits per heavy atom. The number of fused-ring (bicyclic) bond motifs is 3. The highest BCUT2D eigenvalue weighted by Crippen LogP contribution is 2.35. The lowest BCUT2D eigenvalue weighted by Gasteiger charge is -2.12. The van der Waals surface area contributed by atoms with Gasteiger partial charge in [-0.1, -0.05) is 12.1 Å². The van der Waals surface area contributed by atoms with E-state index in [4.69, 9.17) is 10.5 Å². The van der Waals surface area contributed by atoms with Gasteiger partial charge in [-0.2, -0.15) is 13.2 Å². The number of aromatic nitrogens is 1. The monoisotopic (exact) mass is 429 g/mol. The second kappa shape index (κ2) is 7.70. The fraction of sp³-hybridized carbons (Fsp3) is 0.174. The van der Waals surface area contributed by atoms with Gasteiger partial charge in [-0.25, -0.2) is 4.39 Å². The van der Waals surface area contributed by atoms with Crippen LogP contribution in [0.4, 0.5) is 17.6 Å². The Labute approximate surface area is 174 Å². The van der Waals surface area contributed by atoms with Crippen molar-refractivity contribution in [2.45, 2.75) is 19.3 Å². The summed E-state index contributed by atoms with van der Waals surface area (Å²) in [5, 5.41) is 1.18. The van der Waals surface area contributed by atoms with Crippen LogP contribution in [0.2, 0.25) is 0 Å². The normalized spacial score (nSPS) is 12.0. The Balaban J connectivity index is 1.97. The molecule has 0 atom stereocenters. The first kappa shape index (κ1) is 20.9. The first-order valence-electron chi connectivity index (χ1n) is 9.30. The second-order valence-corrected chi connectivity index (χ2v) is 7.16. The number of carbonyl (C=O) groups excluding carboxylic acids is 1. The molecule has 4 aromatic rings. The van der Waals surface area contributed by atoms with E-state index in [0.717, 1.165) is 17.7 Å². The molecule has 1 radical (unpaired) electrons. The summed E-state index contributed by atoms with van der Waals surface area (Å²) in [7, 11) is 1.54. The van der Waals surface area contributed by atoms with Gasteiger partial charge in [0, 0.05) is 30.0 Å². The minimum atomic E-state index is -4.81. The zero-order valence-electron chi connectivity index (χ0n) is 16.4. The Bertz CT molecular complexity index is 1310. The van der Waals surface area contributed by atoms with Crippen molar-refractivity contribution in [2.75, 3.05) is 7.11 Å². The number of hydrogen-bond donors (Lipinski definition) is 1. The van der Waals surface area contributed by atoms with E-state index in [2.05, 4.69) is 6.07 Å². The summed E-state index contributed by atoms with van der Waals surface area (Å²) < 4.78 is 60.2. The molecule has 1 aromatic heterocycles. The first-order valence-corrected chi connectivity index (χ1v) is 9.30. The summed E-state index contributed by atoms with van der Waals surface area (Å²) in [6.45, 7) is 0.335. The van der Waals surface area contributed by atoms with Crippen LogP contribution in [0.15, 0.2) is 48.5 Å². The molecule has 0 saturated carbocycles. The fourth-order valence-electron chi connectivity index (χ4n) is 3.80. The van der Waals surface area contributed by atoms with Gasteiger partial charge in [0.15, 0.2) is 0 Å². The van der Waals surface area contributed by atoms with Crippen LogP contribution < -0.4 is 5.73 Å². The van der Waals surface area contributed by atoms with Crippen molar-refractivity contribution in [2.24, 2.45) is 5.73 Å². The molecule has 4 rings (SSSR count). The summed E-state index contributed by atoms with van der Waals surface area (Å²) in [5.41, 5.74) is 6.82. The Morgan fingerprint density at radius 3 is 2.58 bits per heavy atom. The van der Waals surface area contributed by atoms with Gasteiger partial charge in [0.05, 0.1) is 23.2 Å². The molecule has 0 aliphatic heterocycles. The minimum absolute atomic E-state index is 0.0237. The molecule has 0 aliphatic rings. The fourth-order valence-corrected chi connectivity index (χ4v) is 3.80. The topological polar surface area (TPSA) is 57.2 Å². The Kier molecular flexibility index (Phi) is 5.18. The third kappa shape index (κ3) is 3.74. The van der Waals surface area contributed by atoms with Crippen LogP contribution in [-0.2, 0) is 24.1 Å². The van der Waals surface area contributed by atoms with E-state index < -0.39 is 23.5 Å². The van der Waals surface area contributed by atoms with Crippen molar-refractivity contribution in [1.29, 1.82) is 0 Å². The van der Waals surface area contributed by atoms with Crippen LogP contribution in [-0.4, -0.2) is 17.6 Å². The summed E-state index contributed by atoms with van der Waals surface area (Å²) in [6, 6.07) is 14.6. The summed E-state index contributed by atoms with van der Waals surface area (Å²) in [4.78, 5) is 12.0. The quantitative estimate of drug-likeness (QED) is 0.452. The van der Waals surface area contributed by atoms with E-state index in [9.17, 15) is 22.4 Å². The van der Waals surface area contributed by atoms with E-state index in [1.165, 1.54) is 6.07 Å². The van der Waals surface area contributed by atoms with E-state index in [1.54, 1.807) is 35.9 Å². The highest BCUT2D eigenvalue weighted by molar-refractivity contribution is 6.17. The predicted molar refractivity (Wildman–Crippen MR) is 108 cm³/mol. The van der Waals surface area contributed by atoms with Gasteiger partial charge in [0.1, 0.15) is 5.82 Å². The SMILES string of the molecule is COCc1c[c]c2c3c(C(N)=O)cccc3n(Cc3ccc(F)c(C(F)(F)F)c3)c2c1. The maximum Gasteiger partial charge on any atom is 0.419 e. The van der Waals surface area contributed by atoms with Crippen LogP contribution in [0.25, 0.3) is 21.8 Å². The number of nitrogens with zero attached hydrogens (tertiary/aromatic N) is 1. The van der Waals surface area contributed by atoms with Crippen molar-refractivity contribution in [3.63, 3.8) is 0 Å². The zero-order chi connectivity index (χ0) is 22.3. The second-order valence-electron chi connectivity index (χ2n) is 7.16. The van der Waals surface area contributed by atoms with Gasteiger partial charge in [0.25, 0.3) is 0 Å². The van der Waals surface area contributed by atoms with Crippen LogP contribution in [0.5, 0.6) is 0 Å². The molecular weight excluding hydrogens is 412 g/mol. The maximum absolute atomic E-state index is 13.7. The molecule has 0 fully saturated rings. The third-order valence-electron chi connectivity index (χ3n) is 5.11. The number of amides is 1. The first-order chi connectivity index (χ1) is 14.7. The smallest absolute Gasteiger partial charge is 0.380 e. The number of ether oxygens (including phenoxy) is 1. The van der Waals surface area contributed by atoms with Crippen molar-refractivity contribution in [1.82, 2.24) is 4.57 Å². The number of alkyl halides is 3. The van der Waals surface area contributed by atoms with Crippen molar-refractivity contribution in [3.8, 4) is 0 Å². The molecule has 0 aliphatic carbocycles. The van der Waals surface area contributed by atoms with Crippen molar-refractivity contribution >= 4 is 27.7 Å². The lowest BCUT2D eigenvalue weighted by atomic mass is 10.0. The molecule has 0 spiro atoms. The highest BCUT2D eigenvalue weighted by atomic mass is 19.4. The molecule has 31 heavy (non-hydrogen) atoms. The molecule has 8 heteroatoms. The van der Waals surface area contributed by atoms with Crippen molar-refractivity contribution in [3.05, 3.63) is 82.7 Å². The van der Waals surface area contributed by atoms with Crippen LogP contribution in [0.1, 0.15) is 27.0 Å². The molecule has 0 bridgehead atoms. The number of primary amides is 1. The van der Waals surface area contributed by atoms with Gasteiger partial charge < -0.3 is 15.0 Å². The van der Waals surface area contributed by atoms with Crippen molar-refractivity contribution < 1.29 is 27.1 Å². The molecule has 2 N–H and O–H groups in total. The molecule has 159 valence electrons. The molecule has 0 unspecified atom stereocenters. The number of rotatable bonds is 5. The minimum Gasteiger partial charge on any atom is -0.380 e. The number of nitrogens with two attached hydrogens (primary N) is 1. The molecule has 3 aromatic carbocycles. The molecule has 4 nitrogen and oxygen atoms in total. The summed E-state index contributed by atoms with van der Waals surface area (Å²) in [5.74, 6) is -1.95. The van der Waals surface area contributed by atoms with Crippen LogP contribution in [0.3, 0.4) is 0 Å². The largest absolute Gasteiger partial charge is 0.419 e. The number of benzene rings is 3. The summed E-state index contributed by atoms with van der Waals surface area (Å²) >= 11 is 0. The van der Waals surface area contributed by atoms with Gasteiger partial charge in [-0.15, -0.1) is 0 Å². The Hall–Kier alpha value is -3.39. The van der Waals surface area contributed by atoms with E-state index in [0.29, 0.717) is 28.4 Å². The number of hydrogen-bond acceptors (Lipinski definition) is 2. The molecular formula is C23H17F4N2O2. The number of halogens is 4. The number of carbonyl (C=O) groups is 1. The maximum atomic E-state index is 13.7. The predicted octanol–water partition coefficient (Wildman–Crippen LogP) is 5.05.